The molecule has 0 aliphatic carbocycles. The molecule has 3 unspecified atom stereocenters. The number of nitrogens with zero attached hydrogens (tertiary/aromatic N) is 4. The molecule has 5 heterocycles. The summed E-state index contributed by atoms with van der Waals surface area (Å²) in [4.78, 5) is 72.1. The van der Waals surface area contributed by atoms with E-state index < -0.39 is 29.7 Å². The van der Waals surface area contributed by atoms with Crippen LogP contribution in [0.2, 0.25) is 0 Å². The van der Waals surface area contributed by atoms with E-state index in [2.05, 4.69) is 44.8 Å². The molecule has 8 rings (SSSR count). The van der Waals surface area contributed by atoms with Gasteiger partial charge in [0, 0.05) is 37.7 Å². The Hall–Kier alpha value is -5.95. The van der Waals surface area contributed by atoms with Gasteiger partial charge < -0.3 is 14.9 Å². The van der Waals surface area contributed by atoms with Gasteiger partial charge in [0.2, 0.25) is 11.8 Å². The Morgan fingerprint density at radius 1 is 0.961 bits per heavy atom. The molecule has 0 saturated carbocycles. The summed E-state index contributed by atoms with van der Waals surface area (Å²) in [6.45, 7) is 4.80. The molecular weight excluding hydrogens is 652 g/mol. The van der Waals surface area contributed by atoms with Gasteiger partial charge in [-0.05, 0) is 72.5 Å². The number of ether oxygens (including phenoxy) is 2. The molecule has 4 aliphatic heterocycles. The summed E-state index contributed by atoms with van der Waals surface area (Å²) in [7, 11) is 0. The van der Waals surface area contributed by atoms with Gasteiger partial charge in [0.05, 0.1) is 29.5 Å². The Morgan fingerprint density at radius 3 is 2.45 bits per heavy atom. The van der Waals surface area contributed by atoms with Gasteiger partial charge in [-0.2, -0.15) is 0 Å². The SMILES string of the molecule is CC(=O)c1nccc(COc2ccc(C3C(C)c4ccc(cc4)OCCCN3Nc3ccc4c(c3)C(=O)N(C3CCC(=O)NC3=O)C4=O)cc2)n1. The van der Waals surface area contributed by atoms with Gasteiger partial charge in [0.25, 0.3) is 11.8 Å². The van der Waals surface area contributed by atoms with Gasteiger partial charge >= 0.3 is 0 Å². The van der Waals surface area contributed by atoms with Crippen molar-refractivity contribution in [3.05, 3.63) is 113 Å². The van der Waals surface area contributed by atoms with Crippen LogP contribution >= 0.6 is 0 Å². The van der Waals surface area contributed by atoms with E-state index in [1.807, 2.05) is 36.4 Å². The number of hydrazine groups is 1. The Kier molecular flexibility index (Phi) is 9.28. The van der Waals surface area contributed by atoms with Crippen molar-refractivity contribution in [2.45, 2.75) is 57.7 Å². The molecule has 2 N–H and O–H groups in total. The third kappa shape index (κ3) is 6.93. The molecule has 4 aromatic rings. The number of carbonyl (C=O) groups is 5. The van der Waals surface area contributed by atoms with Crippen molar-refractivity contribution in [1.29, 1.82) is 0 Å². The second-order valence-corrected chi connectivity index (χ2v) is 12.8. The van der Waals surface area contributed by atoms with E-state index in [-0.39, 0.29) is 54.1 Å². The highest BCUT2D eigenvalue weighted by Gasteiger charge is 2.44. The predicted molar refractivity (Wildman–Crippen MR) is 184 cm³/mol. The van der Waals surface area contributed by atoms with E-state index in [4.69, 9.17) is 9.47 Å². The van der Waals surface area contributed by atoms with Crippen LogP contribution in [-0.2, 0) is 16.2 Å². The van der Waals surface area contributed by atoms with Crippen LogP contribution in [0.5, 0.6) is 11.5 Å². The number of carbonyl (C=O) groups excluding carboxylic acids is 5. The average Bonchev–Trinajstić information content (AvgIpc) is 3.35. The second kappa shape index (κ2) is 14.1. The molecule has 4 amide bonds. The van der Waals surface area contributed by atoms with Gasteiger partial charge in [-0.3, -0.25) is 34.2 Å². The van der Waals surface area contributed by atoms with Gasteiger partial charge in [-0.25, -0.2) is 15.0 Å². The molecule has 1 fully saturated rings. The molecule has 4 aliphatic rings. The highest BCUT2D eigenvalue weighted by atomic mass is 16.5. The van der Waals surface area contributed by atoms with Crippen molar-refractivity contribution in [1.82, 2.24) is 25.2 Å². The largest absolute Gasteiger partial charge is 0.494 e. The standard InChI is InChI=1S/C38H36N6O7/c1-22-24-4-9-28(10-5-24)50-19-3-18-43(34(22)25-6-11-29(12-7-25)51-21-27-16-17-39-35(40-27)23(2)45)42-26-8-13-30-31(20-26)38(49)44(37(30)48)32-14-15-33(46)41-36(32)47/h4-13,16-17,20,22,32,34,42H,3,14-15,18-19,21H2,1-2H3,(H,41,46,47). The molecule has 260 valence electrons. The Balaban J connectivity index is 1.16. The third-order valence-electron chi connectivity index (χ3n) is 9.38. The number of hydrogen-bond donors (Lipinski definition) is 2. The first-order valence-electron chi connectivity index (χ1n) is 16.8. The highest BCUT2D eigenvalue weighted by Crippen LogP contribution is 2.38. The van der Waals surface area contributed by atoms with E-state index in [0.717, 1.165) is 21.8 Å². The molecule has 51 heavy (non-hydrogen) atoms. The maximum atomic E-state index is 13.6. The number of rotatable bonds is 8. The number of amides is 4. The van der Waals surface area contributed by atoms with Crippen LogP contribution in [0.25, 0.3) is 0 Å². The molecule has 13 nitrogen and oxygen atoms in total. The molecule has 0 radical (unpaired) electrons. The van der Waals surface area contributed by atoms with E-state index >= 15 is 0 Å². The van der Waals surface area contributed by atoms with Crippen molar-refractivity contribution in [2.24, 2.45) is 0 Å². The van der Waals surface area contributed by atoms with E-state index in [1.54, 1.807) is 24.3 Å². The Bertz CT molecular complexity index is 2020. The molecule has 2 bridgehead atoms. The van der Waals surface area contributed by atoms with Crippen LogP contribution in [0, 0.1) is 0 Å². The number of aromatic nitrogens is 2. The normalized spacial score (nSPS) is 20.7. The quantitative estimate of drug-likeness (QED) is 0.197. The number of anilines is 1. The monoisotopic (exact) mass is 688 g/mol. The summed E-state index contributed by atoms with van der Waals surface area (Å²) < 4.78 is 12.0. The van der Waals surface area contributed by atoms with Crippen LogP contribution in [0.4, 0.5) is 5.69 Å². The van der Waals surface area contributed by atoms with Gasteiger partial charge in [0.1, 0.15) is 24.1 Å². The first-order chi connectivity index (χ1) is 24.7. The number of hydrogen-bond acceptors (Lipinski definition) is 11. The number of ketones is 1. The van der Waals surface area contributed by atoms with Crippen molar-refractivity contribution < 1.29 is 33.4 Å². The highest BCUT2D eigenvalue weighted by molar-refractivity contribution is 6.23. The number of benzene rings is 3. The van der Waals surface area contributed by atoms with Crippen LogP contribution in [0.1, 0.15) is 93.2 Å². The van der Waals surface area contributed by atoms with Gasteiger partial charge in [0.15, 0.2) is 11.6 Å². The molecule has 3 atom stereocenters. The summed E-state index contributed by atoms with van der Waals surface area (Å²) in [5, 5.41) is 4.35. The lowest BCUT2D eigenvalue weighted by Crippen LogP contribution is -2.54. The predicted octanol–water partition coefficient (Wildman–Crippen LogP) is 4.62. The smallest absolute Gasteiger partial charge is 0.262 e. The van der Waals surface area contributed by atoms with Gasteiger partial charge in [-0.1, -0.05) is 31.2 Å². The molecular formula is C38H36N6O7. The lowest BCUT2D eigenvalue weighted by Gasteiger charge is -2.37. The molecule has 1 saturated heterocycles. The summed E-state index contributed by atoms with van der Waals surface area (Å²) in [5.74, 6) is -0.857. The summed E-state index contributed by atoms with van der Waals surface area (Å²) >= 11 is 0. The maximum Gasteiger partial charge on any atom is 0.262 e. The van der Waals surface area contributed by atoms with E-state index in [0.29, 0.717) is 36.7 Å². The minimum Gasteiger partial charge on any atom is -0.494 e. The molecule has 3 aromatic carbocycles. The number of fused-ring (bicyclic) bond motifs is 9. The van der Waals surface area contributed by atoms with Crippen molar-refractivity contribution in [3.63, 3.8) is 0 Å². The third-order valence-corrected chi connectivity index (χ3v) is 9.38. The molecule has 0 spiro atoms. The van der Waals surface area contributed by atoms with Crippen LogP contribution < -0.4 is 20.2 Å². The fourth-order valence-corrected chi connectivity index (χ4v) is 6.75. The summed E-state index contributed by atoms with van der Waals surface area (Å²) in [6.07, 6.45) is 2.36. The van der Waals surface area contributed by atoms with Crippen LogP contribution in [-0.4, -0.2) is 68.5 Å². The van der Waals surface area contributed by atoms with Crippen LogP contribution in [0.3, 0.4) is 0 Å². The fourth-order valence-electron chi connectivity index (χ4n) is 6.75. The summed E-state index contributed by atoms with van der Waals surface area (Å²) in [5.41, 5.74) is 7.22. The number of imide groups is 2. The minimum absolute atomic E-state index is 0.0110. The van der Waals surface area contributed by atoms with Crippen LogP contribution in [0.15, 0.2) is 79.0 Å². The minimum atomic E-state index is -1.04. The van der Waals surface area contributed by atoms with Crippen molar-refractivity contribution in [2.75, 3.05) is 18.6 Å². The zero-order valence-corrected chi connectivity index (χ0v) is 28.1. The molecule has 1 aromatic heterocycles. The average molecular weight is 689 g/mol. The lowest BCUT2D eigenvalue weighted by atomic mass is 9.88. The number of Topliss-reactive ketones (excluding diaryl/α,β-unsaturated/α-hetero) is 1. The summed E-state index contributed by atoms with van der Waals surface area (Å²) in [6, 6.07) is 21.3. The lowest BCUT2D eigenvalue weighted by molar-refractivity contribution is -0.136. The first-order valence-corrected chi connectivity index (χ1v) is 16.8. The fraction of sp³-hybridized carbons (Fsp3) is 0.289. The zero-order chi connectivity index (χ0) is 35.6. The van der Waals surface area contributed by atoms with E-state index in [1.165, 1.54) is 13.1 Å². The first kappa shape index (κ1) is 33.5. The van der Waals surface area contributed by atoms with Crippen molar-refractivity contribution >= 4 is 35.1 Å². The Morgan fingerprint density at radius 2 is 1.71 bits per heavy atom. The number of piperidine rings is 1. The topological polar surface area (TPSA) is 160 Å². The van der Waals surface area contributed by atoms with Gasteiger partial charge in [-0.15, -0.1) is 0 Å². The number of nitrogens with one attached hydrogen (secondary N) is 2. The zero-order valence-electron chi connectivity index (χ0n) is 28.1. The maximum absolute atomic E-state index is 13.6. The Labute approximate surface area is 293 Å². The van der Waals surface area contributed by atoms with E-state index in [9.17, 15) is 24.0 Å². The second-order valence-electron chi connectivity index (χ2n) is 12.8. The van der Waals surface area contributed by atoms with Crippen molar-refractivity contribution in [3.8, 4) is 11.5 Å². The molecule has 13 heteroatoms.